The van der Waals surface area contributed by atoms with Crippen LogP contribution in [0.3, 0.4) is 0 Å². The van der Waals surface area contributed by atoms with Crippen molar-refractivity contribution in [3.05, 3.63) is 0 Å². The zero-order valence-electron chi connectivity index (χ0n) is 13.3. The van der Waals surface area contributed by atoms with Crippen molar-refractivity contribution in [1.82, 2.24) is 19.2 Å². The van der Waals surface area contributed by atoms with Crippen LogP contribution in [-0.4, -0.2) is 69.5 Å². The van der Waals surface area contributed by atoms with Gasteiger partial charge >= 0.3 is 0 Å². The topological polar surface area (TPSA) is 64.7 Å². The second-order valence-electron chi connectivity index (χ2n) is 6.17. The molecule has 0 aliphatic carbocycles. The second-order valence-corrected chi connectivity index (χ2v) is 7.83. The first kappa shape index (κ1) is 17.1. The van der Waals surface area contributed by atoms with E-state index >= 15 is 0 Å². The summed E-state index contributed by atoms with van der Waals surface area (Å²) in [6.45, 7) is 6.41. The average molecular weight is 318 g/mol. The Balaban J connectivity index is 1.99. The highest BCUT2D eigenvalue weighted by Gasteiger charge is 2.34. The number of hydrogen-bond acceptors (Lipinski definition) is 4. The lowest BCUT2D eigenvalue weighted by atomic mass is 10.1. The van der Waals surface area contributed by atoms with Crippen LogP contribution in [0.5, 0.6) is 0 Å². The second kappa shape index (κ2) is 7.87. The minimum Gasteiger partial charge on any atom is -0.318 e. The SMILES string of the molecule is CCN1CCCC(NS(=O)(=O)N2CCCCC2CNC)C1. The minimum absolute atomic E-state index is 0.0564. The first-order valence-corrected chi connectivity index (χ1v) is 9.67. The highest BCUT2D eigenvalue weighted by atomic mass is 32.2. The van der Waals surface area contributed by atoms with Crippen LogP contribution in [0.15, 0.2) is 0 Å². The standard InChI is InChI=1S/C14H30N4O2S/c1-3-17-9-6-7-13(12-17)16-21(19,20)18-10-5-4-8-14(18)11-15-2/h13-16H,3-12H2,1-2H3. The van der Waals surface area contributed by atoms with E-state index in [1.807, 2.05) is 7.05 Å². The Bertz CT molecular complexity index is 413. The molecule has 2 fully saturated rings. The van der Waals surface area contributed by atoms with Crippen LogP contribution in [0.4, 0.5) is 0 Å². The molecule has 2 N–H and O–H groups in total. The predicted octanol–water partition coefficient (Wildman–Crippen LogP) is 0.379. The van der Waals surface area contributed by atoms with Crippen molar-refractivity contribution in [3.63, 3.8) is 0 Å². The van der Waals surface area contributed by atoms with Gasteiger partial charge in [0.2, 0.25) is 0 Å². The first-order valence-electron chi connectivity index (χ1n) is 8.23. The maximum absolute atomic E-state index is 12.7. The molecule has 7 heteroatoms. The van der Waals surface area contributed by atoms with Crippen molar-refractivity contribution in [3.8, 4) is 0 Å². The lowest BCUT2D eigenvalue weighted by molar-refractivity contribution is 0.204. The summed E-state index contributed by atoms with van der Waals surface area (Å²) in [4.78, 5) is 2.32. The third kappa shape index (κ3) is 4.63. The van der Waals surface area contributed by atoms with Crippen LogP contribution in [-0.2, 0) is 10.2 Å². The van der Waals surface area contributed by atoms with Gasteiger partial charge in [0.15, 0.2) is 0 Å². The molecule has 0 saturated carbocycles. The molecule has 0 aromatic rings. The summed E-state index contributed by atoms with van der Waals surface area (Å²) in [7, 11) is -1.49. The van der Waals surface area contributed by atoms with Gasteiger partial charge in [-0.2, -0.15) is 17.4 Å². The molecule has 2 heterocycles. The van der Waals surface area contributed by atoms with E-state index in [0.717, 1.165) is 58.3 Å². The van der Waals surface area contributed by atoms with Crippen LogP contribution < -0.4 is 10.0 Å². The maximum Gasteiger partial charge on any atom is 0.280 e. The molecular formula is C14H30N4O2S. The molecular weight excluding hydrogens is 288 g/mol. The normalized spacial score (nSPS) is 29.6. The van der Waals surface area contributed by atoms with E-state index in [2.05, 4.69) is 21.9 Å². The summed E-state index contributed by atoms with van der Waals surface area (Å²) in [6, 6.07) is 0.146. The Morgan fingerprint density at radius 1 is 1.14 bits per heavy atom. The van der Waals surface area contributed by atoms with Crippen LogP contribution >= 0.6 is 0 Å². The van der Waals surface area contributed by atoms with Crippen molar-refractivity contribution in [2.24, 2.45) is 0 Å². The third-order valence-electron chi connectivity index (χ3n) is 4.59. The Kier molecular flexibility index (Phi) is 6.43. The number of likely N-dealkylation sites (N-methyl/N-ethyl adjacent to an activating group) is 2. The van der Waals surface area contributed by atoms with Crippen LogP contribution in [0, 0.1) is 0 Å². The van der Waals surface area contributed by atoms with Gasteiger partial charge in [0.1, 0.15) is 0 Å². The largest absolute Gasteiger partial charge is 0.318 e. The molecule has 2 aliphatic rings. The van der Waals surface area contributed by atoms with E-state index in [1.54, 1.807) is 4.31 Å². The maximum atomic E-state index is 12.7. The highest BCUT2D eigenvalue weighted by molar-refractivity contribution is 7.87. The Morgan fingerprint density at radius 3 is 2.67 bits per heavy atom. The summed E-state index contributed by atoms with van der Waals surface area (Å²) in [5, 5.41) is 3.12. The third-order valence-corrected chi connectivity index (χ3v) is 6.32. The van der Waals surface area contributed by atoms with E-state index in [1.165, 1.54) is 0 Å². The van der Waals surface area contributed by atoms with E-state index < -0.39 is 10.2 Å². The smallest absolute Gasteiger partial charge is 0.280 e. The molecule has 2 saturated heterocycles. The number of hydrogen-bond donors (Lipinski definition) is 2. The summed E-state index contributed by atoms with van der Waals surface area (Å²) in [6.07, 6.45) is 5.05. The van der Waals surface area contributed by atoms with Crippen LogP contribution in [0.25, 0.3) is 0 Å². The number of likely N-dealkylation sites (tertiary alicyclic amines) is 1. The van der Waals surface area contributed by atoms with Gasteiger partial charge in [-0.25, -0.2) is 0 Å². The zero-order valence-corrected chi connectivity index (χ0v) is 14.2. The van der Waals surface area contributed by atoms with Gasteiger partial charge in [0, 0.05) is 31.7 Å². The van der Waals surface area contributed by atoms with E-state index in [9.17, 15) is 8.42 Å². The molecule has 0 bridgehead atoms. The average Bonchev–Trinajstić information content (AvgIpc) is 2.48. The summed E-state index contributed by atoms with van der Waals surface area (Å²) < 4.78 is 30.0. The van der Waals surface area contributed by atoms with E-state index in [-0.39, 0.29) is 12.1 Å². The fourth-order valence-corrected chi connectivity index (χ4v) is 5.14. The monoisotopic (exact) mass is 318 g/mol. The Morgan fingerprint density at radius 2 is 1.95 bits per heavy atom. The van der Waals surface area contributed by atoms with Crippen molar-refractivity contribution >= 4 is 10.2 Å². The number of nitrogens with one attached hydrogen (secondary N) is 2. The Labute approximate surface area is 129 Å². The van der Waals surface area contributed by atoms with Gasteiger partial charge in [-0.3, -0.25) is 0 Å². The van der Waals surface area contributed by atoms with E-state index in [0.29, 0.717) is 6.54 Å². The number of piperidine rings is 2. The molecule has 6 nitrogen and oxygen atoms in total. The first-order chi connectivity index (χ1) is 10.1. The molecule has 21 heavy (non-hydrogen) atoms. The highest BCUT2D eigenvalue weighted by Crippen LogP contribution is 2.20. The predicted molar refractivity (Wildman–Crippen MR) is 85.5 cm³/mol. The van der Waals surface area contributed by atoms with Crippen LogP contribution in [0.1, 0.15) is 39.0 Å². The quantitative estimate of drug-likeness (QED) is 0.743. The summed E-state index contributed by atoms with van der Waals surface area (Å²) in [5.74, 6) is 0. The van der Waals surface area contributed by atoms with Crippen molar-refractivity contribution in [1.29, 1.82) is 0 Å². The van der Waals surface area contributed by atoms with Gasteiger partial charge in [0.25, 0.3) is 10.2 Å². The fraction of sp³-hybridized carbons (Fsp3) is 1.00. The van der Waals surface area contributed by atoms with Crippen molar-refractivity contribution < 1.29 is 8.42 Å². The molecule has 0 radical (unpaired) electrons. The van der Waals surface area contributed by atoms with Gasteiger partial charge in [0.05, 0.1) is 0 Å². The van der Waals surface area contributed by atoms with Crippen molar-refractivity contribution in [2.45, 2.75) is 51.1 Å². The van der Waals surface area contributed by atoms with Crippen LogP contribution in [0.2, 0.25) is 0 Å². The molecule has 0 aromatic carbocycles. The zero-order chi connectivity index (χ0) is 15.3. The fourth-order valence-electron chi connectivity index (χ4n) is 3.45. The molecule has 0 aromatic heterocycles. The van der Waals surface area contributed by atoms with Gasteiger partial charge in [-0.1, -0.05) is 13.3 Å². The number of rotatable bonds is 6. The van der Waals surface area contributed by atoms with E-state index in [4.69, 9.17) is 0 Å². The molecule has 124 valence electrons. The molecule has 2 unspecified atom stereocenters. The molecule has 0 spiro atoms. The van der Waals surface area contributed by atoms with Gasteiger partial charge in [-0.05, 0) is 45.8 Å². The molecule has 2 aliphatic heterocycles. The molecule has 2 rings (SSSR count). The lowest BCUT2D eigenvalue weighted by Crippen LogP contribution is -2.56. The number of nitrogens with zero attached hydrogens (tertiary/aromatic N) is 2. The lowest BCUT2D eigenvalue weighted by Gasteiger charge is -2.37. The van der Waals surface area contributed by atoms with Crippen molar-refractivity contribution in [2.75, 3.05) is 39.8 Å². The summed E-state index contributed by atoms with van der Waals surface area (Å²) >= 11 is 0. The summed E-state index contributed by atoms with van der Waals surface area (Å²) in [5.41, 5.74) is 0. The molecule has 2 atom stereocenters. The molecule has 0 amide bonds. The Hall–Kier alpha value is -0.210. The van der Waals surface area contributed by atoms with Gasteiger partial charge < -0.3 is 10.2 Å². The van der Waals surface area contributed by atoms with Gasteiger partial charge in [-0.15, -0.1) is 0 Å². The minimum atomic E-state index is -3.37.